The van der Waals surface area contributed by atoms with Crippen molar-refractivity contribution in [3.8, 4) is 0 Å². The number of nitrogens with one attached hydrogen (secondary N) is 1. The van der Waals surface area contributed by atoms with E-state index in [0.717, 1.165) is 30.5 Å². The van der Waals surface area contributed by atoms with Crippen LogP contribution >= 0.6 is 28.3 Å². The molecule has 1 heterocycles. The summed E-state index contributed by atoms with van der Waals surface area (Å²) in [5.74, 6) is 0.0236. The molecule has 0 spiro atoms. The fourth-order valence-corrected chi connectivity index (χ4v) is 2.88. The van der Waals surface area contributed by atoms with Crippen molar-refractivity contribution in [2.24, 2.45) is 5.73 Å². The standard InChI is InChI=1S/C15H21BrN2O2.ClH/c16-13-3-1-12(2-4-13)15(6-9-20-10-7-15)11-18-14(19)5-8-17;/h1-4H,5-11,17H2,(H,18,19);1H. The smallest absolute Gasteiger partial charge is 0.221 e. The molecular formula is C15H22BrClN2O2. The summed E-state index contributed by atoms with van der Waals surface area (Å²) in [6, 6.07) is 8.36. The van der Waals surface area contributed by atoms with E-state index >= 15 is 0 Å². The lowest BCUT2D eigenvalue weighted by Gasteiger charge is -2.38. The van der Waals surface area contributed by atoms with Gasteiger partial charge in [-0.25, -0.2) is 0 Å². The van der Waals surface area contributed by atoms with Crippen LogP contribution in [0.25, 0.3) is 0 Å². The fourth-order valence-electron chi connectivity index (χ4n) is 2.62. The highest BCUT2D eigenvalue weighted by Gasteiger charge is 2.34. The lowest BCUT2D eigenvalue weighted by Crippen LogP contribution is -2.44. The lowest BCUT2D eigenvalue weighted by molar-refractivity contribution is -0.121. The number of carbonyl (C=O) groups is 1. The van der Waals surface area contributed by atoms with Gasteiger partial charge in [-0.05, 0) is 30.5 Å². The number of amides is 1. The molecule has 6 heteroatoms. The second-order valence-corrected chi connectivity index (χ2v) is 6.13. The van der Waals surface area contributed by atoms with Crippen LogP contribution in [0.1, 0.15) is 24.8 Å². The van der Waals surface area contributed by atoms with E-state index in [4.69, 9.17) is 10.5 Å². The van der Waals surface area contributed by atoms with Gasteiger partial charge in [0.05, 0.1) is 0 Å². The van der Waals surface area contributed by atoms with Crippen molar-refractivity contribution in [2.45, 2.75) is 24.7 Å². The Morgan fingerprint density at radius 3 is 2.48 bits per heavy atom. The summed E-state index contributed by atoms with van der Waals surface area (Å²) in [7, 11) is 0. The van der Waals surface area contributed by atoms with Gasteiger partial charge in [0.1, 0.15) is 0 Å². The van der Waals surface area contributed by atoms with Crippen molar-refractivity contribution in [1.29, 1.82) is 0 Å². The topological polar surface area (TPSA) is 64.4 Å². The van der Waals surface area contributed by atoms with Crippen LogP contribution in [-0.4, -0.2) is 32.2 Å². The van der Waals surface area contributed by atoms with Crippen LogP contribution in [-0.2, 0) is 14.9 Å². The number of hydrogen-bond donors (Lipinski definition) is 2. The van der Waals surface area contributed by atoms with Crippen LogP contribution in [0.2, 0.25) is 0 Å². The number of carbonyl (C=O) groups excluding carboxylic acids is 1. The summed E-state index contributed by atoms with van der Waals surface area (Å²) in [6.07, 6.45) is 2.24. The van der Waals surface area contributed by atoms with Crippen molar-refractivity contribution >= 4 is 34.2 Å². The first kappa shape index (κ1) is 18.4. The van der Waals surface area contributed by atoms with Crippen LogP contribution < -0.4 is 11.1 Å². The van der Waals surface area contributed by atoms with Gasteiger partial charge < -0.3 is 15.8 Å². The normalized spacial score (nSPS) is 16.9. The van der Waals surface area contributed by atoms with Crippen molar-refractivity contribution in [3.63, 3.8) is 0 Å². The number of benzene rings is 1. The first-order valence-corrected chi connectivity index (χ1v) is 7.76. The van der Waals surface area contributed by atoms with Gasteiger partial charge in [0, 0.05) is 42.6 Å². The van der Waals surface area contributed by atoms with Gasteiger partial charge in [-0.2, -0.15) is 0 Å². The van der Waals surface area contributed by atoms with Crippen molar-refractivity contribution in [1.82, 2.24) is 5.32 Å². The third kappa shape index (κ3) is 4.95. The molecule has 1 fully saturated rings. The number of hydrogen-bond acceptors (Lipinski definition) is 3. The Hall–Kier alpha value is -0.620. The molecular weight excluding hydrogens is 356 g/mol. The first-order valence-electron chi connectivity index (χ1n) is 6.97. The molecule has 1 aromatic carbocycles. The summed E-state index contributed by atoms with van der Waals surface area (Å²) in [5, 5.41) is 3.02. The van der Waals surface area contributed by atoms with E-state index in [9.17, 15) is 4.79 Å². The van der Waals surface area contributed by atoms with Crippen molar-refractivity contribution in [2.75, 3.05) is 26.3 Å². The number of nitrogens with two attached hydrogens (primary N) is 1. The molecule has 2 rings (SSSR count). The maximum atomic E-state index is 11.7. The zero-order valence-electron chi connectivity index (χ0n) is 11.9. The summed E-state index contributed by atoms with van der Waals surface area (Å²) in [4.78, 5) is 11.7. The van der Waals surface area contributed by atoms with E-state index in [1.54, 1.807) is 0 Å². The molecule has 3 N–H and O–H groups in total. The molecule has 4 nitrogen and oxygen atoms in total. The van der Waals surface area contributed by atoms with Crippen LogP contribution in [0.3, 0.4) is 0 Å². The monoisotopic (exact) mass is 376 g/mol. The van der Waals surface area contributed by atoms with Crippen molar-refractivity contribution in [3.05, 3.63) is 34.3 Å². The average molecular weight is 378 g/mol. The summed E-state index contributed by atoms with van der Waals surface area (Å²) >= 11 is 3.46. The van der Waals surface area contributed by atoms with E-state index in [0.29, 0.717) is 19.5 Å². The number of halogens is 2. The molecule has 21 heavy (non-hydrogen) atoms. The minimum atomic E-state index is -0.0246. The van der Waals surface area contributed by atoms with Gasteiger partial charge in [0.15, 0.2) is 0 Å². The van der Waals surface area contributed by atoms with Crippen LogP contribution in [0.4, 0.5) is 0 Å². The van der Waals surface area contributed by atoms with Crippen LogP contribution in [0.15, 0.2) is 28.7 Å². The average Bonchev–Trinajstić information content (AvgIpc) is 2.47. The van der Waals surface area contributed by atoms with Gasteiger partial charge in [0.2, 0.25) is 5.91 Å². The highest BCUT2D eigenvalue weighted by molar-refractivity contribution is 9.10. The van der Waals surface area contributed by atoms with Crippen molar-refractivity contribution < 1.29 is 9.53 Å². The molecule has 0 aromatic heterocycles. The maximum absolute atomic E-state index is 11.7. The molecule has 1 saturated heterocycles. The van der Waals surface area contributed by atoms with E-state index < -0.39 is 0 Å². The molecule has 0 unspecified atom stereocenters. The summed E-state index contributed by atoms with van der Waals surface area (Å²) in [5.41, 5.74) is 6.65. The Bertz CT molecular complexity index is 447. The van der Waals surface area contributed by atoms with E-state index in [2.05, 4.69) is 33.4 Å². The summed E-state index contributed by atoms with van der Waals surface area (Å²) < 4.78 is 6.55. The van der Waals surface area contributed by atoms with Crippen LogP contribution in [0, 0.1) is 0 Å². The highest BCUT2D eigenvalue weighted by Crippen LogP contribution is 2.34. The minimum Gasteiger partial charge on any atom is -0.381 e. The third-order valence-electron chi connectivity index (χ3n) is 3.90. The summed E-state index contributed by atoms with van der Waals surface area (Å²) in [6.45, 7) is 2.52. The second-order valence-electron chi connectivity index (χ2n) is 5.22. The molecule has 1 amide bonds. The third-order valence-corrected chi connectivity index (χ3v) is 4.43. The maximum Gasteiger partial charge on any atom is 0.221 e. The molecule has 0 saturated carbocycles. The SMILES string of the molecule is Cl.NCCC(=O)NCC1(c2ccc(Br)cc2)CCOCC1. The number of rotatable bonds is 5. The largest absolute Gasteiger partial charge is 0.381 e. The quantitative estimate of drug-likeness (QED) is 0.828. The minimum absolute atomic E-state index is 0. The first-order chi connectivity index (χ1) is 9.66. The zero-order chi connectivity index (χ0) is 14.4. The predicted octanol–water partition coefficient (Wildman–Crippen LogP) is 2.38. The second kappa shape index (κ2) is 8.73. The van der Waals surface area contributed by atoms with E-state index in [-0.39, 0.29) is 23.7 Å². The fraction of sp³-hybridized carbons (Fsp3) is 0.533. The molecule has 1 aliphatic rings. The Kier molecular flexibility index (Phi) is 7.66. The van der Waals surface area contributed by atoms with E-state index in [1.807, 2.05) is 12.1 Å². The molecule has 1 aliphatic heterocycles. The molecule has 0 aliphatic carbocycles. The van der Waals surface area contributed by atoms with E-state index in [1.165, 1.54) is 5.56 Å². The Balaban J connectivity index is 0.00000220. The Morgan fingerprint density at radius 2 is 1.90 bits per heavy atom. The molecule has 118 valence electrons. The van der Waals surface area contributed by atoms with Gasteiger partial charge >= 0.3 is 0 Å². The molecule has 0 radical (unpaired) electrons. The van der Waals surface area contributed by atoms with Gasteiger partial charge in [-0.3, -0.25) is 4.79 Å². The van der Waals surface area contributed by atoms with Gasteiger partial charge in [-0.15, -0.1) is 12.4 Å². The van der Waals surface area contributed by atoms with Gasteiger partial charge in [0.25, 0.3) is 0 Å². The molecule has 0 atom stereocenters. The zero-order valence-corrected chi connectivity index (χ0v) is 14.3. The molecule has 1 aromatic rings. The Morgan fingerprint density at radius 1 is 1.29 bits per heavy atom. The lowest BCUT2D eigenvalue weighted by atomic mass is 9.74. The highest BCUT2D eigenvalue weighted by atomic mass is 79.9. The molecule has 0 bridgehead atoms. The number of ether oxygens (including phenoxy) is 1. The van der Waals surface area contributed by atoms with Gasteiger partial charge in [-0.1, -0.05) is 28.1 Å². The predicted molar refractivity (Wildman–Crippen MR) is 89.8 cm³/mol. The Labute approximate surface area is 140 Å². The van der Waals surface area contributed by atoms with Crippen LogP contribution in [0.5, 0.6) is 0 Å².